The second-order valence-corrected chi connectivity index (χ2v) is 20.2. The third kappa shape index (κ3) is 7.88. The molecule has 6 nitrogen and oxygen atoms in total. The lowest BCUT2D eigenvalue weighted by Crippen LogP contribution is -2.60. The first-order valence-corrected chi connectivity index (χ1v) is 26.3. The summed E-state index contributed by atoms with van der Waals surface area (Å²) in [5.74, 6) is 0. The van der Waals surface area contributed by atoms with Crippen LogP contribution in [0.2, 0.25) is 5.02 Å². The van der Waals surface area contributed by atoms with Crippen LogP contribution in [0.25, 0.3) is 20.4 Å². The summed E-state index contributed by atoms with van der Waals surface area (Å²) >= 11 is 10.5. The third-order valence-electron chi connectivity index (χ3n) is 13.5. The van der Waals surface area contributed by atoms with E-state index in [1.54, 1.807) is 17.4 Å². The van der Waals surface area contributed by atoms with Crippen LogP contribution in [-0.4, -0.2) is 16.7 Å². The van der Waals surface area contributed by atoms with Crippen molar-refractivity contribution in [2.24, 2.45) is 0 Å². The number of anilines is 12. The summed E-state index contributed by atoms with van der Waals surface area (Å²) in [5, 5.41) is 4.19. The van der Waals surface area contributed by atoms with Crippen LogP contribution in [0.5, 0.6) is 0 Å². The summed E-state index contributed by atoms with van der Waals surface area (Å²) in [7, 11) is 0. The van der Waals surface area contributed by atoms with Crippen LogP contribution >= 0.6 is 34.3 Å². The van der Waals surface area contributed by atoms with E-state index in [9.17, 15) is 0 Å². The van der Waals surface area contributed by atoms with Crippen molar-refractivity contribution in [1.29, 1.82) is 0 Å². The maximum atomic E-state index is 8.06. The number of halogens is 1. The number of hydrogen-bond acceptors (Lipinski definition) is 8. The van der Waals surface area contributed by atoms with Crippen molar-refractivity contribution in [3.8, 4) is 0 Å². The average molecular weight is 1020 g/mol. The average Bonchev–Trinajstić information content (AvgIpc) is 4.18. The molecule has 10 heteroatoms. The number of aromatic nitrogens is 2. The summed E-state index contributed by atoms with van der Waals surface area (Å²) in [6.07, 6.45) is 2.95. The summed E-state index contributed by atoms with van der Waals surface area (Å²) in [6, 6.07) is 75.7. The van der Waals surface area contributed by atoms with Gasteiger partial charge in [0, 0.05) is 87.0 Å². The van der Waals surface area contributed by atoms with Gasteiger partial charge in [-0.25, -0.2) is 9.97 Å². The van der Waals surface area contributed by atoms with E-state index in [0.717, 1.165) is 88.7 Å². The summed E-state index contributed by atoms with van der Waals surface area (Å²) < 4.78 is 49.2. The van der Waals surface area contributed by atoms with E-state index < -0.39 is 13.7 Å². The Balaban J connectivity index is 0.000000151. The van der Waals surface area contributed by atoms with Crippen LogP contribution in [0.4, 0.5) is 68.2 Å². The number of thiophene rings is 2. The molecule has 0 amide bonds. The van der Waals surface area contributed by atoms with E-state index in [0.29, 0.717) is 5.02 Å². The minimum Gasteiger partial charge on any atom is -0.311 e. The lowest BCUT2D eigenvalue weighted by molar-refractivity contribution is 1.26. The van der Waals surface area contributed by atoms with Crippen LogP contribution in [0.1, 0.15) is 19.4 Å². The van der Waals surface area contributed by atoms with Gasteiger partial charge in [-0.15, -0.1) is 22.7 Å². The Hall–Kier alpha value is -8.47. The van der Waals surface area contributed by atoms with Gasteiger partial charge in [0.1, 0.15) is 9.66 Å². The Morgan fingerprint density at radius 3 is 1.59 bits per heavy atom. The Morgan fingerprint density at radius 1 is 0.486 bits per heavy atom. The maximum absolute atomic E-state index is 8.06. The zero-order valence-electron chi connectivity index (χ0n) is 45.5. The Morgan fingerprint density at radius 2 is 0.973 bits per heavy atom. The van der Waals surface area contributed by atoms with E-state index in [2.05, 4.69) is 128 Å². The summed E-state index contributed by atoms with van der Waals surface area (Å²) in [5.41, 5.74) is 14.7. The molecule has 0 atom stereocenters. The number of aryl methyl sites for hydroxylation is 2. The Labute approximate surface area is 452 Å². The van der Waals surface area contributed by atoms with Gasteiger partial charge in [-0.3, -0.25) is 0 Å². The third-order valence-corrected chi connectivity index (χ3v) is 16.0. The monoisotopic (exact) mass is 1010 g/mol. The number of para-hydroxylation sites is 6. The second kappa shape index (κ2) is 19.2. The molecule has 8 aromatic carbocycles. The van der Waals surface area contributed by atoms with E-state index in [1.807, 2.05) is 121 Å². The van der Waals surface area contributed by atoms with Crippen LogP contribution in [0, 0.1) is 13.7 Å². The zero-order chi connectivity index (χ0) is 54.7. The molecule has 0 radical (unpaired) electrons. The fourth-order valence-corrected chi connectivity index (χ4v) is 12.8. The molecule has 0 saturated heterocycles. The van der Waals surface area contributed by atoms with E-state index in [-0.39, 0.29) is 17.8 Å². The van der Waals surface area contributed by atoms with Crippen LogP contribution in [-0.2, 0) is 0 Å². The largest absolute Gasteiger partial charge is 0.311 e. The molecule has 0 bridgehead atoms. The van der Waals surface area contributed by atoms with Crippen molar-refractivity contribution in [3.05, 3.63) is 258 Å². The quantitative estimate of drug-likeness (QED) is 0.141. The highest BCUT2D eigenvalue weighted by atomic mass is 35.5. The molecule has 0 saturated carbocycles. The number of pyridine rings is 2. The molecule has 2 aliphatic heterocycles. The first-order valence-electron chi connectivity index (χ1n) is 27.2. The fraction of sp³-hybridized carbons (Fsp3) is 0.0312. The molecule has 0 aliphatic carbocycles. The molecule has 0 N–H and O–H groups in total. The molecular formula is C64H46BClN6S2. The Kier molecular flexibility index (Phi) is 10.1. The normalized spacial score (nSPS) is 13.7. The Bertz CT molecular complexity index is 4190. The summed E-state index contributed by atoms with van der Waals surface area (Å²) in [4.78, 5) is 19.6. The first kappa shape index (κ1) is 39.1. The van der Waals surface area contributed by atoms with Crippen LogP contribution in [0.15, 0.2) is 242 Å². The molecule has 2 aliphatic rings. The standard InChI is InChI=1S/C32H22BN3S.C32H24ClN3S/c1-21-19-24-30-31(37-32(24)34-20-21)33-25-15-8-9-16-26(25)35(22-11-4-2-5-12-22)27-17-10-18-28(29(27)33)36(30)23-13-6-3-7-14-23;1-23-20-27-30(22-37-32(27)34-21-23)36(26-16-9-4-10-17-26)29-19-11-18-28(31(29)33)35(24-12-5-2-6-13-24)25-14-7-3-8-15-25/h2-20H,1H3;2-22H,1H3/i2*1D3. The van der Waals surface area contributed by atoms with Gasteiger partial charge in [-0.2, -0.15) is 0 Å². The SMILES string of the molecule is [2H]C([2H])([2H])c1cnc2sc3c(c2c1)N(c1ccccc1)c1cccc2c1B3c1ccccc1N2c1ccccc1.[2H]C([2H])([2H])c1cnc2scc(N(c3ccccc3)c3cccc(N(c4ccccc4)c4ccccc4)c3Cl)c2c1. The topological polar surface area (TPSA) is 38.7 Å². The predicted octanol–water partition coefficient (Wildman–Crippen LogP) is 16.9. The van der Waals surface area contributed by atoms with E-state index >= 15 is 0 Å². The number of benzene rings is 8. The molecule has 0 spiro atoms. The minimum absolute atomic E-state index is 0.00673. The molecule has 0 unspecified atom stereocenters. The highest BCUT2D eigenvalue weighted by molar-refractivity contribution is 7.33. The van der Waals surface area contributed by atoms with E-state index in [4.69, 9.17) is 24.8 Å². The van der Waals surface area contributed by atoms with E-state index in [1.165, 1.54) is 39.4 Å². The number of fused-ring (bicyclic) bond motifs is 7. The molecule has 14 rings (SSSR count). The van der Waals surface area contributed by atoms with Gasteiger partial charge in [0.25, 0.3) is 6.71 Å². The summed E-state index contributed by atoms with van der Waals surface area (Å²) in [6.45, 7) is -4.50. The molecular weight excluding hydrogens is 963 g/mol. The highest BCUT2D eigenvalue weighted by Gasteiger charge is 2.45. The smallest absolute Gasteiger partial charge is 0.264 e. The predicted molar refractivity (Wildman–Crippen MR) is 317 cm³/mol. The van der Waals surface area contributed by atoms with Crippen LogP contribution < -0.4 is 35.3 Å². The van der Waals surface area contributed by atoms with Gasteiger partial charge in [0.15, 0.2) is 0 Å². The minimum atomic E-state index is -2.26. The lowest BCUT2D eigenvalue weighted by Gasteiger charge is -2.43. The lowest BCUT2D eigenvalue weighted by atomic mass is 9.36. The zero-order valence-corrected chi connectivity index (χ0v) is 41.9. The van der Waals surface area contributed by atoms with Gasteiger partial charge in [-0.05, 0) is 139 Å². The molecule has 6 heterocycles. The van der Waals surface area contributed by atoms with Gasteiger partial charge in [0.05, 0.1) is 27.8 Å². The van der Waals surface area contributed by atoms with Gasteiger partial charge in [-0.1, -0.05) is 133 Å². The molecule has 354 valence electrons. The van der Waals surface area contributed by atoms with Crippen molar-refractivity contribution in [3.63, 3.8) is 0 Å². The number of rotatable bonds is 8. The van der Waals surface area contributed by atoms with Crippen molar-refractivity contribution in [2.75, 3.05) is 19.6 Å². The van der Waals surface area contributed by atoms with Crippen molar-refractivity contribution in [1.82, 2.24) is 9.97 Å². The van der Waals surface area contributed by atoms with Crippen molar-refractivity contribution < 1.29 is 8.22 Å². The van der Waals surface area contributed by atoms with Crippen molar-refractivity contribution >= 4 is 145 Å². The van der Waals surface area contributed by atoms with Gasteiger partial charge < -0.3 is 19.6 Å². The first-order chi connectivity index (χ1) is 38.9. The maximum Gasteiger partial charge on any atom is 0.264 e. The fourth-order valence-electron chi connectivity index (χ4n) is 10.5. The van der Waals surface area contributed by atoms with Crippen LogP contribution in [0.3, 0.4) is 0 Å². The van der Waals surface area contributed by atoms with Crippen molar-refractivity contribution in [2.45, 2.75) is 13.7 Å². The number of nitrogens with zero attached hydrogens (tertiary/aromatic N) is 6. The highest BCUT2D eigenvalue weighted by Crippen LogP contribution is 2.50. The number of hydrogen-bond donors (Lipinski definition) is 0. The second-order valence-electron chi connectivity index (χ2n) is 17.9. The molecule has 74 heavy (non-hydrogen) atoms. The molecule has 12 aromatic rings. The molecule has 4 aromatic heterocycles. The van der Waals surface area contributed by atoms with Gasteiger partial charge in [0.2, 0.25) is 0 Å². The van der Waals surface area contributed by atoms with Gasteiger partial charge >= 0.3 is 0 Å². The molecule has 0 fully saturated rings.